The lowest BCUT2D eigenvalue weighted by atomic mass is 10.3. The first-order valence-electron chi connectivity index (χ1n) is 9.29. The number of hydrogen-bond acceptors (Lipinski definition) is 6. The molecule has 1 heterocycles. The van der Waals surface area contributed by atoms with E-state index in [0.29, 0.717) is 29.1 Å². The Bertz CT molecular complexity index is 1050. The van der Waals surface area contributed by atoms with E-state index >= 15 is 0 Å². The zero-order valence-electron chi connectivity index (χ0n) is 16.2. The quantitative estimate of drug-likeness (QED) is 0.586. The number of para-hydroxylation sites is 2. The number of esters is 1. The molecule has 0 fully saturated rings. The standard InChI is InChI=1S/C21H22N2O6/c1-3-27-16-10-8-15(9-11-16)22-20(25)14(2)28-19(24)12-13-23-17-6-4-5-7-18(17)29-21(23)26/h4-11,14H,3,12-13H2,1-2H3,(H,22,25)/t14-/m1/s1. The molecule has 3 rings (SSSR count). The van der Waals surface area contributed by atoms with Gasteiger partial charge in [-0.1, -0.05) is 12.1 Å². The number of nitrogens with zero attached hydrogens (tertiary/aromatic N) is 1. The molecular weight excluding hydrogens is 376 g/mol. The Morgan fingerprint density at radius 3 is 2.59 bits per heavy atom. The summed E-state index contributed by atoms with van der Waals surface area (Å²) in [5.41, 5.74) is 1.62. The number of oxazole rings is 1. The van der Waals surface area contributed by atoms with Gasteiger partial charge in [0.2, 0.25) is 0 Å². The van der Waals surface area contributed by atoms with Crippen molar-refractivity contribution in [1.82, 2.24) is 4.57 Å². The summed E-state index contributed by atoms with van der Waals surface area (Å²) in [6, 6.07) is 13.8. The first-order valence-corrected chi connectivity index (χ1v) is 9.29. The highest BCUT2D eigenvalue weighted by Gasteiger charge is 2.19. The van der Waals surface area contributed by atoms with E-state index in [0.717, 1.165) is 0 Å². The van der Waals surface area contributed by atoms with E-state index in [2.05, 4.69) is 5.32 Å². The lowest BCUT2D eigenvalue weighted by Gasteiger charge is -2.14. The molecule has 0 aliphatic heterocycles. The van der Waals surface area contributed by atoms with Crippen molar-refractivity contribution in [1.29, 1.82) is 0 Å². The molecule has 8 heteroatoms. The third-order valence-corrected chi connectivity index (χ3v) is 4.22. The van der Waals surface area contributed by atoms with Gasteiger partial charge in [0.15, 0.2) is 11.7 Å². The first kappa shape index (κ1) is 20.2. The number of carbonyl (C=O) groups excluding carboxylic acids is 2. The second kappa shape index (κ2) is 9.09. The Balaban J connectivity index is 1.52. The van der Waals surface area contributed by atoms with Gasteiger partial charge in [0, 0.05) is 12.2 Å². The molecule has 2 aromatic carbocycles. The van der Waals surface area contributed by atoms with Crippen molar-refractivity contribution in [2.75, 3.05) is 11.9 Å². The van der Waals surface area contributed by atoms with Gasteiger partial charge in [0.1, 0.15) is 5.75 Å². The average Bonchev–Trinajstić information content (AvgIpc) is 3.03. The first-order chi connectivity index (χ1) is 14.0. The highest BCUT2D eigenvalue weighted by Crippen LogP contribution is 2.16. The van der Waals surface area contributed by atoms with E-state index in [1.165, 1.54) is 11.5 Å². The van der Waals surface area contributed by atoms with Gasteiger partial charge < -0.3 is 19.2 Å². The van der Waals surface area contributed by atoms with Crippen LogP contribution in [0.4, 0.5) is 5.69 Å². The third kappa shape index (κ3) is 5.04. The van der Waals surface area contributed by atoms with Crippen molar-refractivity contribution in [3.05, 3.63) is 59.1 Å². The Morgan fingerprint density at radius 1 is 1.14 bits per heavy atom. The van der Waals surface area contributed by atoms with Gasteiger partial charge >= 0.3 is 11.7 Å². The van der Waals surface area contributed by atoms with Crippen LogP contribution in [0.2, 0.25) is 0 Å². The molecular formula is C21H22N2O6. The van der Waals surface area contributed by atoms with E-state index in [4.69, 9.17) is 13.9 Å². The second-order valence-corrected chi connectivity index (χ2v) is 6.32. The maximum Gasteiger partial charge on any atom is 0.419 e. The van der Waals surface area contributed by atoms with Crippen LogP contribution in [0, 0.1) is 0 Å². The summed E-state index contributed by atoms with van der Waals surface area (Å²) in [5, 5.41) is 2.68. The molecule has 0 unspecified atom stereocenters. The van der Waals surface area contributed by atoms with Crippen molar-refractivity contribution < 1.29 is 23.5 Å². The van der Waals surface area contributed by atoms with Crippen molar-refractivity contribution in [3.63, 3.8) is 0 Å². The Hall–Kier alpha value is -3.55. The molecule has 0 spiro atoms. The Kier molecular flexibility index (Phi) is 6.33. The van der Waals surface area contributed by atoms with E-state index in [9.17, 15) is 14.4 Å². The Morgan fingerprint density at radius 2 is 1.86 bits per heavy atom. The number of rotatable bonds is 8. The third-order valence-electron chi connectivity index (χ3n) is 4.22. The van der Waals surface area contributed by atoms with E-state index in [1.807, 2.05) is 6.92 Å². The van der Waals surface area contributed by atoms with Gasteiger partial charge in [0.05, 0.1) is 18.5 Å². The topological polar surface area (TPSA) is 99.8 Å². The number of aryl methyl sites for hydroxylation is 1. The monoisotopic (exact) mass is 398 g/mol. The van der Waals surface area contributed by atoms with Crippen LogP contribution in [0.3, 0.4) is 0 Å². The molecule has 152 valence electrons. The van der Waals surface area contributed by atoms with Crippen LogP contribution in [0.1, 0.15) is 20.3 Å². The molecule has 8 nitrogen and oxygen atoms in total. The number of hydrogen-bond donors (Lipinski definition) is 1. The number of ether oxygens (including phenoxy) is 2. The minimum absolute atomic E-state index is 0.0654. The summed E-state index contributed by atoms with van der Waals surface area (Å²) in [4.78, 5) is 36.3. The van der Waals surface area contributed by atoms with Crippen LogP contribution in [-0.4, -0.2) is 29.2 Å². The molecule has 0 saturated heterocycles. The van der Waals surface area contributed by atoms with Crippen LogP contribution in [0.5, 0.6) is 5.75 Å². The fourth-order valence-electron chi connectivity index (χ4n) is 2.78. The minimum atomic E-state index is -0.980. The van der Waals surface area contributed by atoms with Gasteiger partial charge in [0.25, 0.3) is 5.91 Å². The predicted molar refractivity (Wildman–Crippen MR) is 107 cm³/mol. The lowest BCUT2D eigenvalue weighted by molar-refractivity contribution is -0.153. The zero-order chi connectivity index (χ0) is 20.8. The lowest BCUT2D eigenvalue weighted by Crippen LogP contribution is -2.30. The summed E-state index contributed by atoms with van der Waals surface area (Å²) in [6.07, 6.45) is -1.05. The van der Waals surface area contributed by atoms with Gasteiger partial charge in [-0.15, -0.1) is 0 Å². The van der Waals surface area contributed by atoms with Crippen molar-refractivity contribution in [2.45, 2.75) is 32.9 Å². The number of amides is 1. The highest BCUT2D eigenvalue weighted by molar-refractivity contribution is 5.95. The van der Waals surface area contributed by atoms with Crippen LogP contribution >= 0.6 is 0 Å². The molecule has 0 aliphatic carbocycles. The number of anilines is 1. The predicted octanol–water partition coefficient (Wildman–Crippen LogP) is 2.95. The fraction of sp³-hybridized carbons (Fsp3) is 0.286. The van der Waals surface area contributed by atoms with Gasteiger partial charge in [-0.05, 0) is 50.2 Å². The van der Waals surface area contributed by atoms with Gasteiger partial charge in [-0.25, -0.2) is 4.79 Å². The number of fused-ring (bicyclic) bond motifs is 1. The average molecular weight is 398 g/mol. The van der Waals surface area contributed by atoms with Crippen LogP contribution < -0.4 is 15.8 Å². The maximum atomic E-state index is 12.2. The van der Waals surface area contributed by atoms with E-state index in [-0.39, 0.29) is 13.0 Å². The number of aromatic nitrogens is 1. The van der Waals surface area contributed by atoms with Gasteiger partial charge in [-0.3, -0.25) is 14.2 Å². The smallest absolute Gasteiger partial charge is 0.419 e. The molecule has 0 aliphatic rings. The second-order valence-electron chi connectivity index (χ2n) is 6.32. The highest BCUT2D eigenvalue weighted by atomic mass is 16.5. The van der Waals surface area contributed by atoms with Crippen molar-refractivity contribution in [2.24, 2.45) is 0 Å². The van der Waals surface area contributed by atoms with Crippen molar-refractivity contribution in [3.8, 4) is 5.75 Å². The summed E-state index contributed by atoms with van der Waals surface area (Å²) < 4.78 is 17.0. The van der Waals surface area contributed by atoms with Crippen LogP contribution in [-0.2, 0) is 20.9 Å². The molecule has 1 amide bonds. The van der Waals surface area contributed by atoms with E-state index in [1.54, 1.807) is 48.5 Å². The van der Waals surface area contributed by atoms with Crippen LogP contribution in [0.25, 0.3) is 11.1 Å². The van der Waals surface area contributed by atoms with E-state index < -0.39 is 23.7 Å². The molecule has 29 heavy (non-hydrogen) atoms. The fourth-order valence-corrected chi connectivity index (χ4v) is 2.78. The number of carbonyl (C=O) groups is 2. The Labute approximate surface area is 167 Å². The summed E-state index contributed by atoms with van der Waals surface area (Å²) >= 11 is 0. The van der Waals surface area contributed by atoms with Crippen molar-refractivity contribution >= 4 is 28.7 Å². The molecule has 3 aromatic rings. The molecule has 0 radical (unpaired) electrons. The summed E-state index contributed by atoms with van der Waals surface area (Å²) in [6.45, 7) is 4.03. The number of benzene rings is 2. The molecule has 0 bridgehead atoms. The SMILES string of the molecule is CCOc1ccc(NC(=O)[C@@H](C)OC(=O)CCn2c(=O)oc3ccccc32)cc1. The van der Waals surface area contributed by atoms with Crippen LogP contribution in [0.15, 0.2) is 57.7 Å². The molecule has 1 aromatic heterocycles. The molecule has 1 atom stereocenters. The molecule has 0 saturated carbocycles. The maximum absolute atomic E-state index is 12.2. The zero-order valence-corrected chi connectivity index (χ0v) is 16.2. The summed E-state index contributed by atoms with van der Waals surface area (Å²) in [7, 11) is 0. The largest absolute Gasteiger partial charge is 0.494 e. The summed E-state index contributed by atoms with van der Waals surface area (Å²) in [5.74, 6) is -0.878. The number of nitrogens with one attached hydrogen (secondary N) is 1. The minimum Gasteiger partial charge on any atom is -0.494 e. The molecule has 1 N–H and O–H groups in total. The normalized spacial score (nSPS) is 11.8. The van der Waals surface area contributed by atoms with Gasteiger partial charge in [-0.2, -0.15) is 0 Å².